The van der Waals surface area contributed by atoms with E-state index >= 15 is 0 Å². The first-order valence-electron chi connectivity index (χ1n) is 7.72. The number of hydrogen-bond acceptors (Lipinski definition) is 3. The number of nitrogens with zero attached hydrogens (tertiary/aromatic N) is 2. The summed E-state index contributed by atoms with van der Waals surface area (Å²) < 4.78 is 0. The number of piperidine rings is 1. The fraction of sp³-hybridized carbons (Fsp3) is 0.647. The Morgan fingerprint density at radius 2 is 2.00 bits per heavy atom. The molecule has 0 spiro atoms. The number of hydrogen-bond donors (Lipinski definition) is 1. The molecule has 112 valence electrons. The predicted molar refractivity (Wildman–Crippen MR) is 86.0 cm³/mol. The standard InChI is InChI=1S/C17H29N3/c1-14-12-16(10-11-20(14)4)18-17(13-19(2)3)15-8-6-5-7-9-15/h5-9,14,16-18H,10-13H2,1-4H3. The van der Waals surface area contributed by atoms with Crippen molar-refractivity contribution in [1.29, 1.82) is 0 Å². The van der Waals surface area contributed by atoms with E-state index in [1.165, 1.54) is 24.9 Å². The molecule has 3 heteroatoms. The summed E-state index contributed by atoms with van der Waals surface area (Å²) in [6.45, 7) is 4.57. The Balaban J connectivity index is 2.01. The normalized spacial score (nSPS) is 25.9. The molecule has 3 nitrogen and oxygen atoms in total. The Morgan fingerprint density at radius 1 is 1.30 bits per heavy atom. The van der Waals surface area contributed by atoms with Crippen molar-refractivity contribution >= 4 is 0 Å². The molecular formula is C17H29N3. The predicted octanol–water partition coefficient (Wildman–Crippen LogP) is 2.36. The lowest BCUT2D eigenvalue weighted by molar-refractivity contribution is 0.158. The summed E-state index contributed by atoms with van der Waals surface area (Å²) in [6, 6.07) is 12.6. The number of likely N-dealkylation sites (N-methyl/N-ethyl adjacent to an activating group) is 1. The fourth-order valence-electron chi connectivity index (χ4n) is 3.03. The van der Waals surface area contributed by atoms with Crippen molar-refractivity contribution in [1.82, 2.24) is 15.1 Å². The summed E-state index contributed by atoms with van der Waals surface area (Å²) in [7, 11) is 6.53. The smallest absolute Gasteiger partial charge is 0.0451 e. The number of benzene rings is 1. The van der Waals surface area contributed by atoms with Crippen LogP contribution in [0.15, 0.2) is 30.3 Å². The van der Waals surface area contributed by atoms with Crippen LogP contribution in [0.4, 0.5) is 0 Å². The second-order valence-electron chi connectivity index (χ2n) is 6.44. The van der Waals surface area contributed by atoms with Gasteiger partial charge in [0.05, 0.1) is 0 Å². The highest BCUT2D eigenvalue weighted by Crippen LogP contribution is 2.20. The summed E-state index contributed by atoms with van der Waals surface area (Å²) in [6.07, 6.45) is 2.49. The summed E-state index contributed by atoms with van der Waals surface area (Å²) >= 11 is 0. The molecule has 3 atom stereocenters. The third-order valence-electron chi connectivity index (χ3n) is 4.39. The molecule has 0 amide bonds. The van der Waals surface area contributed by atoms with Gasteiger partial charge in [0.25, 0.3) is 0 Å². The van der Waals surface area contributed by atoms with Gasteiger partial charge < -0.3 is 15.1 Å². The fourth-order valence-corrected chi connectivity index (χ4v) is 3.03. The maximum Gasteiger partial charge on any atom is 0.0451 e. The van der Waals surface area contributed by atoms with Gasteiger partial charge in [-0.1, -0.05) is 30.3 Å². The van der Waals surface area contributed by atoms with Crippen molar-refractivity contribution < 1.29 is 0 Å². The van der Waals surface area contributed by atoms with Crippen LogP contribution in [0, 0.1) is 0 Å². The first-order valence-corrected chi connectivity index (χ1v) is 7.72. The number of nitrogens with one attached hydrogen (secondary N) is 1. The zero-order chi connectivity index (χ0) is 14.5. The molecule has 0 aromatic heterocycles. The van der Waals surface area contributed by atoms with E-state index in [0.29, 0.717) is 18.1 Å². The van der Waals surface area contributed by atoms with Crippen molar-refractivity contribution in [2.24, 2.45) is 0 Å². The van der Waals surface area contributed by atoms with Gasteiger partial charge in [-0.2, -0.15) is 0 Å². The van der Waals surface area contributed by atoms with Crippen molar-refractivity contribution in [3.05, 3.63) is 35.9 Å². The van der Waals surface area contributed by atoms with Crippen LogP contribution in [-0.2, 0) is 0 Å². The number of likely N-dealkylation sites (tertiary alicyclic amines) is 1. The Labute approximate surface area is 124 Å². The zero-order valence-corrected chi connectivity index (χ0v) is 13.3. The monoisotopic (exact) mass is 275 g/mol. The SMILES string of the molecule is CC1CC(NC(CN(C)C)c2ccccc2)CCN1C. The van der Waals surface area contributed by atoms with Crippen molar-refractivity contribution in [2.45, 2.75) is 37.9 Å². The summed E-state index contributed by atoms with van der Waals surface area (Å²) in [5, 5.41) is 3.89. The molecule has 0 radical (unpaired) electrons. The van der Waals surface area contributed by atoms with Gasteiger partial charge in [-0.25, -0.2) is 0 Å². The molecular weight excluding hydrogens is 246 g/mol. The van der Waals surface area contributed by atoms with E-state index in [0.717, 1.165) is 6.54 Å². The lowest BCUT2D eigenvalue weighted by Crippen LogP contribution is -2.47. The van der Waals surface area contributed by atoms with E-state index in [4.69, 9.17) is 0 Å². The van der Waals surface area contributed by atoms with Crippen molar-refractivity contribution in [2.75, 3.05) is 34.2 Å². The molecule has 1 aliphatic heterocycles. The molecule has 3 unspecified atom stereocenters. The van der Waals surface area contributed by atoms with Crippen LogP contribution >= 0.6 is 0 Å². The van der Waals surface area contributed by atoms with Gasteiger partial charge in [0.2, 0.25) is 0 Å². The molecule has 1 aromatic carbocycles. The average molecular weight is 275 g/mol. The largest absolute Gasteiger partial charge is 0.308 e. The molecule has 0 saturated carbocycles. The van der Waals surface area contributed by atoms with Gasteiger partial charge >= 0.3 is 0 Å². The lowest BCUT2D eigenvalue weighted by atomic mass is 9.96. The maximum absolute atomic E-state index is 3.89. The summed E-state index contributed by atoms with van der Waals surface area (Å²) in [5.41, 5.74) is 1.40. The Kier molecular flexibility index (Phi) is 5.58. The molecule has 1 fully saturated rings. The second kappa shape index (κ2) is 7.21. The van der Waals surface area contributed by atoms with Crippen LogP contribution < -0.4 is 5.32 Å². The molecule has 1 saturated heterocycles. The summed E-state index contributed by atoms with van der Waals surface area (Å²) in [4.78, 5) is 4.73. The van der Waals surface area contributed by atoms with E-state index in [9.17, 15) is 0 Å². The quantitative estimate of drug-likeness (QED) is 0.890. The second-order valence-corrected chi connectivity index (χ2v) is 6.44. The molecule has 2 rings (SSSR count). The summed E-state index contributed by atoms with van der Waals surface area (Å²) in [5.74, 6) is 0. The topological polar surface area (TPSA) is 18.5 Å². The molecule has 0 aliphatic carbocycles. The minimum Gasteiger partial charge on any atom is -0.308 e. The minimum atomic E-state index is 0.423. The molecule has 20 heavy (non-hydrogen) atoms. The van der Waals surface area contributed by atoms with E-state index in [2.05, 4.69) is 73.5 Å². The van der Waals surface area contributed by atoms with Gasteiger partial charge in [0, 0.05) is 24.7 Å². The minimum absolute atomic E-state index is 0.423. The van der Waals surface area contributed by atoms with Crippen molar-refractivity contribution in [3.8, 4) is 0 Å². The van der Waals surface area contributed by atoms with E-state index in [1.807, 2.05) is 0 Å². The van der Waals surface area contributed by atoms with Gasteiger partial charge in [-0.15, -0.1) is 0 Å². The van der Waals surface area contributed by atoms with Crippen LogP contribution in [-0.4, -0.2) is 56.1 Å². The van der Waals surface area contributed by atoms with Crippen LogP contribution in [0.1, 0.15) is 31.4 Å². The van der Waals surface area contributed by atoms with Crippen LogP contribution in [0.3, 0.4) is 0 Å². The third-order valence-corrected chi connectivity index (χ3v) is 4.39. The highest BCUT2D eigenvalue weighted by atomic mass is 15.2. The Bertz CT molecular complexity index is 390. The van der Waals surface area contributed by atoms with Gasteiger partial charge in [0.15, 0.2) is 0 Å². The van der Waals surface area contributed by atoms with Gasteiger partial charge in [-0.05, 0) is 53.0 Å². The highest BCUT2D eigenvalue weighted by molar-refractivity contribution is 5.19. The van der Waals surface area contributed by atoms with E-state index < -0.39 is 0 Å². The van der Waals surface area contributed by atoms with Crippen LogP contribution in [0.5, 0.6) is 0 Å². The first-order chi connectivity index (χ1) is 9.56. The Hall–Kier alpha value is -0.900. The first kappa shape index (κ1) is 15.5. The molecule has 1 aromatic rings. The molecule has 1 N–H and O–H groups in total. The molecule has 1 heterocycles. The van der Waals surface area contributed by atoms with Gasteiger partial charge in [0.1, 0.15) is 0 Å². The highest BCUT2D eigenvalue weighted by Gasteiger charge is 2.25. The van der Waals surface area contributed by atoms with E-state index in [-0.39, 0.29) is 0 Å². The van der Waals surface area contributed by atoms with Gasteiger partial charge in [-0.3, -0.25) is 0 Å². The van der Waals surface area contributed by atoms with E-state index in [1.54, 1.807) is 0 Å². The number of rotatable bonds is 5. The zero-order valence-electron chi connectivity index (χ0n) is 13.3. The van der Waals surface area contributed by atoms with Crippen LogP contribution in [0.2, 0.25) is 0 Å². The third kappa shape index (κ3) is 4.30. The molecule has 0 bridgehead atoms. The molecule has 1 aliphatic rings. The van der Waals surface area contributed by atoms with Crippen molar-refractivity contribution in [3.63, 3.8) is 0 Å². The Morgan fingerprint density at radius 3 is 2.60 bits per heavy atom. The average Bonchev–Trinajstić information content (AvgIpc) is 2.43. The maximum atomic E-state index is 3.89. The van der Waals surface area contributed by atoms with Crippen LogP contribution in [0.25, 0.3) is 0 Å². The lowest BCUT2D eigenvalue weighted by Gasteiger charge is -2.37.